The molecule has 0 heterocycles. The van der Waals surface area contributed by atoms with Crippen molar-refractivity contribution in [2.24, 2.45) is 5.92 Å². The van der Waals surface area contributed by atoms with Crippen LogP contribution in [0.2, 0.25) is 0 Å². The number of nitrogen functional groups attached to an aromatic ring is 1. The van der Waals surface area contributed by atoms with Crippen molar-refractivity contribution in [1.82, 2.24) is 4.90 Å². The molecule has 0 saturated heterocycles. The van der Waals surface area contributed by atoms with E-state index in [1.807, 2.05) is 0 Å². The molecule has 0 spiro atoms. The molecule has 0 aromatic heterocycles. The van der Waals surface area contributed by atoms with Gasteiger partial charge >= 0.3 is 0 Å². The predicted molar refractivity (Wildman–Crippen MR) is 66.8 cm³/mol. The Bertz CT molecular complexity index is 441. The van der Waals surface area contributed by atoms with Crippen LogP contribution in [-0.4, -0.2) is 29.0 Å². The molecular formula is C13H18N2O2. The highest BCUT2D eigenvalue weighted by atomic mass is 16.3. The first kappa shape index (κ1) is 11.8. The Balaban J connectivity index is 2.20. The minimum absolute atomic E-state index is 0.0648. The molecule has 1 saturated carbocycles. The Morgan fingerprint density at radius 2 is 2.18 bits per heavy atom. The summed E-state index contributed by atoms with van der Waals surface area (Å²) in [6.45, 7) is 2.05. The van der Waals surface area contributed by atoms with Crippen LogP contribution in [0.3, 0.4) is 0 Å². The van der Waals surface area contributed by atoms with Crippen molar-refractivity contribution in [3.05, 3.63) is 23.8 Å². The van der Waals surface area contributed by atoms with Gasteiger partial charge in [-0.3, -0.25) is 4.79 Å². The number of rotatable bonds is 3. The van der Waals surface area contributed by atoms with Gasteiger partial charge in [-0.2, -0.15) is 0 Å². The molecule has 1 amide bonds. The molecular weight excluding hydrogens is 216 g/mol. The van der Waals surface area contributed by atoms with E-state index in [4.69, 9.17) is 5.73 Å². The fourth-order valence-electron chi connectivity index (χ4n) is 2.00. The number of nitrogens with zero attached hydrogens (tertiary/aromatic N) is 1. The molecule has 17 heavy (non-hydrogen) atoms. The molecule has 1 aromatic carbocycles. The fourth-order valence-corrected chi connectivity index (χ4v) is 2.00. The van der Waals surface area contributed by atoms with Crippen molar-refractivity contribution < 1.29 is 9.90 Å². The summed E-state index contributed by atoms with van der Waals surface area (Å²) in [6, 6.07) is 4.69. The molecule has 1 unspecified atom stereocenters. The third-order valence-electron chi connectivity index (χ3n) is 3.50. The van der Waals surface area contributed by atoms with Crippen LogP contribution in [0.15, 0.2) is 18.2 Å². The van der Waals surface area contributed by atoms with Gasteiger partial charge in [0.15, 0.2) is 0 Å². The molecule has 1 atom stereocenters. The number of carbonyl (C=O) groups excluding carboxylic acids is 1. The van der Waals surface area contributed by atoms with E-state index in [9.17, 15) is 9.90 Å². The topological polar surface area (TPSA) is 66.6 Å². The molecule has 3 N–H and O–H groups in total. The van der Waals surface area contributed by atoms with Crippen LogP contribution in [0, 0.1) is 5.92 Å². The maximum absolute atomic E-state index is 12.2. The standard InChI is InChI=1S/C13H18N2O2/c1-8(9-3-4-9)15(2)13(17)11-7-10(16)5-6-12(11)14/h5-9,16H,3-4,14H2,1-2H3. The van der Waals surface area contributed by atoms with Crippen molar-refractivity contribution >= 4 is 11.6 Å². The zero-order chi connectivity index (χ0) is 12.6. The first-order chi connectivity index (χ1) is 8.00. The lowest BCUT2D eigenvalue weighted by molar-refractivity contribution is 0.0728. The van der Waals surface area contributed by atoms with E-state index in [1.165, 1.54) is 25.0 Å². The van der Waals surface area contributed by atoms with Gasteiger partial charge in [0.1, 0.15) is 5.75 Å². The number of phenolic OH excluding ortho intramolecular Hbond substituents is 1. The Kier molecular flexibility index (Phi) is 2.96. The monoisotopic (exact) mass is 234 g/mol. The van der Waals surface area contributed by atoms with Crippen LogP contribution in [0.4, 0.5) is 5.69 Å². The van der Waals surface area contributed by atoms with Crippen molar-refractivity contribution in [3.63, 3.8) is 0 Å². The first-order valence-corrected chi connectivity index (χ1v) is 5.86. The van der Waals surface area contributed by atoms with E-state index >= 15 is 0 Å². The lowest BCUT2D eigenvalue weighted by Gasteiger charge is -2.25. The predicted octanol–water partition coefficient (Wildman–Crippen LogP) is 1.84. The van der Waals surface area contributed by atoms with Gasteiger partial charge in [0.2, 0.25) is 0 Å². The number of anilines is 1. The summed E-state index contributed by atoms with van der Waals surface area (Å²) in [6.07, 6.45) is 2.38. The minimum Gasteiger partial charge on any atom is -0.508 e. The Morgan fingerprint density at radius 3 is 2.76 bits per heavy atom. The fraction of sp³-hybridized carbons (Fsp3) is 0.462. The molecule has 4 heteroatoms. The van der Waals surface area contributed by atoms with E-state index in [1.54, 1.807) is 18.0 Å². The quantitative estimate of drug-likeness (QED) is 0.619. The maximum Gasteiger partial charge on any atom is 0.256 e. The summed E-state index contributed by atoms with van der Waals surface area (Å²) >= 11 is 0. The van der Waals surface area contributed by atoms with Gasteiger partial charge in [-0.15, -0.1) is 0 Å². The molecule has 92 valence electrons. The number of hydrogen-bond donors (Lipinski definition) is 2. The van der Waals surface area contributed by atoms with Crippen LogP contribution in [0.25, 0.3) is 0 Å². The second-order valence-electron chi connectivity index (χ2n) is 4.77. The number of carbonyl (C=O) groups is 1. The van der Waals surface area contributed by atoms with E-state index < -0.39 is 0 Å². The number of benzene rings is 1. The van der Waals surface area contributed by atoms with Crippen molar-refractivity contribution in [1.29, 1.82) is 0 Å². The van der Waals surface area contributed by atoms with Gasteiger partial charge in [-0.05, 0) is 43.9 Å². The molecule has 0 bridgehead atoms. The maximum atomic E-state index is 12.2. The third kappa shape index (κ3) is 2.35. The van der Waals surface area contributed by atoms with Crippen LogP contribution >= 0.6 is 0 Å². The second kappa shape index (κ2) is 4.28. The summed E-state index contributed by atoms with van der Waals surface area (Å²) in [5, 5.41) is 9.40. The van der Waals surface area contributed by atoms with Crippen LogP contribution in [0.1, 0.15) is 30.1 Å². The van der Waals surface area contributed by atoms with Gasteiger partial charge in [-0.1, -0.05) is 0 Å². The van der Waals surface area contributed by atoms with E-state index in [2.05, 4.69) is 6.92 Å². The average Bonchev–Trinajstić information content (AvgIpc) is 3.13. The molecule has 1 aliphatic carbocycles. The highest BCUT2D eigenvalue weighted by Gasteiger charge is 2.33. The molecule has 1 aromatic rings. The average molecular weight is 234 g/mol. The number of hydrogen-bond acceptors (Lipinski definition) is 3. The molecule has 4 nitrogen and oxygen atoms in total. The number of nitrogens with two attached hydrogens (primary N) is 1. The van der Waals surface area contributed by atoms with E-state index in [-0.39, 0.29) is 17.7 Å². The Morgan fingerprint density at radius 1 is 1.53 bits per heavy atom. The normalized spacial score (nSPS) is 16.6. The van der Waals surface area contributed by atoms with Gasteiger partial charge in [0, 0.05) is 18.8 Å². The van der Waals surface area contributed by atoms with Gasteiger partial charge in [0.05, 0.1) is 5.56 Å². The summed E-state index contributed by atoms with van der Waals surface area (Å²) in [5.74, 6) is 0.551. The van der Waals surface area contributed by atoms with Crippen molar-refractivity contribution in [2.45, 2.75) is 25.8 Å². The highest BCUT2D eigenvalue weighted by molar-refractivity contribution is 5.99. The van der Waals surface area contributed by atoms with Crippen LogP contribution < -0.4 is 5.73 Å². The minimum atomic E-state index is -0.127. The second-order valence-corrected chi connectivity index (χ2v) is 4.77. The lowest BCUT2D eigenvalue weighted by Crippen LogP contribution is -2.36. The highest BCUT2D eigenvalue weighted by Crippen LogP contribution is 2.35. The summed E-state index contributed by atoms with van der Waals surface area (Å²) in [4.78, 5) is 13.9. The molecule has 1 fully saturated rings. The zero-order valence-electron chi connectivity index (χ0n) is 10.2. The van der Waals surface area contributed by atoms with Gasteiger partial charge in [-0.25, -0.2) is 0 Å². The zero-order valence-corrected chi connectivity index (χ0v) is 10.2. The number of aromatic hydroxyl groups is 1. The van der Waals surface area contributed by atoms with E-state index in [0.29, 0.717) is 17.2 Å². The van der Waals surface area contributed by atoms with Gasteiger partial charge in [0.25, 0.3) is 5.91 Å². The van der Waals surface area contributed by atoms with Crippen LogP contribution in [-0.2, 0) is 0 Å². The largest absolute Gasteiger partial charge is 0.508 e. The van der Waals surface area contributed by atoms with Crippen molar-refractivity contribution in [3.8, 4) is 5.75 Å². The smallest absolute Gasteiger partial charge is 0.256 e. The SMILES string of the molecule is CC(C1CC1)N(C)C(=O)c1cc(O)ccc1N. The van der Waals surface area contributed by atoms with E-state index in [0.717, 1.165) is 0 Å². The Hall–Kier alpha value is -1.71. The summed E-state index contributed by atoms with van der Waals surface area (Å²) in [7, 11) is 1.79. The molecule has 0 radical (unpaired) electrons. The summed E-state index contributed by atoms with van der Waals surface area (Å²) < 4.78 is 0. The van der Waals surface area contributed by atoms with Crippen LogP contribution in [0.5, 0.6) is 5.75 Å². The first-order valence-electron chi connectivity index (χ1n) is 5.86. The molecule has 0 aliphatic heterocycles. The molecule has 2 rings (SSSR count). The lowest BCUT2D eigenvalue weighted by atomic mass is 10.1. The van der Waals surface area contributed by atoms with Crippen molar-refractivity contribution in [2.75, 3.05) is 12.8 Å². The van der Waals surface area contributed by atoms with Gasteiger partial charge < -0.3 is 15.7 Å². The summed E-state index contributed by atoms with van der Waals surface area (Å²) in [5.41, 5.74) is 6.54. The number of phenols is 1. The molecule has 1 aliphatic rings. The Labute approximate surface area is 101 Å². The number of amides is 1. The third-order valence-corrected chi connectivity index (χ3v) is 3.50.